The maximum absolute atomic E-state index is 13.5. The predicted molar refractivity (Wildman–Crippen MR) is 151 cm³/mol. The monoisotopic (exact) mass is 577 g/mol. The van der Waals surface area contributed by atoms with Gasteiger partial charge in [-0.3, -0.25) is 4.90 Å². The number of carbonyl (C=O) groups excluding carboxylic acids is 2. The van der Waals surface area contributed by atoms with Crippen LogP contribution >= 0.6 is 22.9 Å². The van der Waals surface area contributed by atoms with Crippen LogP contribution in [0.15, 0.2) is 23.7 Å². The van der Waals surface area contributed by atoms with Gasteiger partial charge in [-0.25, -0.2) is 14.1 Å². The van der Waals surface area contributed by atoms with Crippen molar-refractivity contribution in [1.82, 2.24) is 19.9 Å². The number of halogens is 1. The first-order chi connectivity index (χ1) is 18.2. The fourth-order valence-corrected chi connectivity index (χ4v) is 5.33. The number of nitrogens with zero attached hydrogens (tertiary/aromatic N) is 4. The quantitative estimate of drug-likeness (QED) is 0.372. The first-order valence-electron chi connectivity index (χ1n) is 12.9. The lowest BCUT2D eigenvalue weighted by atomic mass is 9.95. The van der Waals surface area contributed by atoms with Crippen molar-refractivity contribution in [3.05, 3.63) is 45.0 Å². The molecule has 212 valence electrons. The lowest BCUT2D eigenvalue weighted by Gasteiger charge is -2.33. The molecule has 0 radical (unpaired) electrons. The lowest BCUT2D eigenvalue weighted by Crippen LogP contribution is -2.44. The van der Waals surface area contributed by atoms with Crippen molar-refractivity contribution in [2.24, 2.45) is 0 Å². The molecule has 1 aliphatic heterocycles. The molecule has 1 fully saturated rings. The molecule has 0 spiro atoms. The molecule has 2 amide bonds. The Labute approximate surface area is 237 Å². The summed E-state index contributed by atoms with van der Waals surface area (Å²) < 4.78 is 19.0. The summed E-state index contributed by atoms with van der Waals surface area (Å²) in [5.74, 6) is 0.328. The number of carbonyl (C=O) groups is 2. The van der Waals surface area contributed by atoms with E-state index in [2.05, 4.69) is 15.4 Å². The zero-order valence-electron chi connectivity index (χ0n) is 23.4. The number of amides is 2. The van der Waals surface area contributed by atoms with Crippen LogP contribution in [0.1, 0.15) is 76.5 Å². The third-order valence-corrected chi connectivity index (χ3v) is 6.99. The normalized spacial score (nSPS) is 18.2. The molecule has 0 aliphatic carbocycles. The van der Waals surface area contributed by atoms with Crippen molar-refractivity contribution in [3.63, 3.8) is 0 Å². The number of hydrogen-bond donors (Lipinski definition) is 1. The zero-order valence-corrected chi connectivity index (χ0v) is 25.0. The minimum Gasteiger partial charge on any atom is -0.444 e. The Hall–Kier alpha value is -2.89. The van der Waals surface area contributed by atoms with Crippen molar-refractivity contribution in [2.45, 2.75) is 91.2 Å². The molecule has 0 unspecified atom stereocenters. The van der Waals surface area contributed by atoms with Gasteiger partial charge in [0.25, 0.3) is 0 Å². The van der Waals surface area contributed by atoms with E-state index in [1.165, 1.54) is 16.2 Å². The Balaban J connectivity index is 1.76. The maximum Gasteiger partial charge on any atom is 0.416 e. The van der Waals surface area contributed by atoms with Gasteiger partial charge in [0.05, 0.1) is 12.6 Å². The third kappa shape index (κ3) is 7.20. The van der Waals surface area contributed by atoms with Gasteiger partial charge in [-0.15, -0.1) is 16.4 Å². The second-order valence-corrected chi connectivity index (χ2v) is 12.9. The standard InChI is InChI=1S/C27H36ClN5O5S/c1-16-18(21-19(11-8-12-36-21)29-24(34)37-26(2,3)4)15-33-20(16)22(30-23(28)31-33)32(14-17-10-9-13-39-17)25(35)38-27(5,6)7/h9-10,13,15,19,21H,8,11-12,14H2,1-7H3,(H,29,34)/t19-,21+/m0/s1. The average Bonchev–Trinajstić information content (AvgIpc) is 3.42. The number of rotatable bonds is 5. The Morgan fingerprint density at radius 2 is 1.95 bits per heavy atom. The smallest absolute Gasteiger partial charge is 0.416 e. The number of thiophene rings is 1. The van der Waals surface area contributed by atoms with Crippen LogP contribution in [-0.2, 0) is 20.8 Å². The summed E-state index contributed by atoms with van der Waals surface area (Å²) in [6.45, 7) is 13.6. The molecule has 12 heteroatoms. The molecule has 3 aromatic heterocycles. The molecule has 0 saturated carbocycles. The highest BCUT2D eigenvalue weighted by atomic mass is 35.5. The fourth-order valence-electron chi connectivity index (χ4n) is 4.47. The van der Waals surface area contributed by atoms with Crippen LogP contribution in [-0.4, -0.2) is 50.6 Å². The summed E-state index contributed by atoms with van der Waals surface area (Å²) in [4.78, 5) is 33.0. The van der Waals surface area contributed by atoms with Gasteiger partial charge in [-0.05, 0) is 89.9 Å². The summed E-state index contributed by atoms with van der Waals surface area (Å²) in [6, 6.07) is 3.56. The Bertz CT molecular complexity index is 1330. The highest BCUT2D eigenvalue weighted by molar-refractivity contribution is 7.09. The molecular formula is C27H36ClN5O5S. The Morgan fingerprint density at radius 3 is 2.59 bits per heavy atom. The van der Waals surface area contributed by atoms with Gasteiger partial charge in [0.1, 0.15) is 22.8 Å². The average molecular weight is 578 g/mol. The first-order valence-corrected chi connectivity index (χ1v) is 14.2. The van der Waals surface area contributed by atoms with Crippen LogP contribution in [0.2, 0.25) is 5.28 Å². The molecule has 4 rings (SSSR count). The van der Waals surface area contributed by atoms with E-state index in [4.69, 9.17) is 25.8 Å². The van der Waals surface area contributed by atoms with E-state index < -0.39 is 29.5 Å². The number of anilines is 1. The molecular weight excluding hydrogens is 542 g/mol. The number of nitrogens with one attached hydrogen (secondary N) is 1. The van der Waals surface area contributed by atoms with E-state index >= 15 is 0 Å². The molecule has 39 heavy (non-hydrogen) atoms. The van der Waals surface area contributed by atoms with Gasteiger partial charge in [0.15, 0.2) is 5.82 Å². The molecule has 4 heterocycles. The van der Waals surface area contributed by atoms with Gasteiger partial charge in [-0.2, -0.15) is 4.98 Å². The summed E-state index contributed by atoms with van der Waals surface area (Å²) >= 11 is 7.90. The lowest BCUT2D eigenvalue weighted by molar-refractivity contribution is -0.0165. The highest BCUT2D eigenvalue weighted by Crippen LogP contribution is 2.37. The van der Waals surface area contributed by atoms with E-state index in [1.807, 2.05) is 72.2 Å². The highest BCUT2D eigenvalue weighted by Gasteiger charge is 2.35. The van der Waals surface area contributed by atoms with E-state index in [0.29, 0.717) is 17.9 Å². The van der Waals surface area contributed by atoms with Crippen LogP contribution in [0, 0.1) is 6.92 Å². The van der Waals surface area contributed by atoms with E-state index in [-0.39, 0.29) is 17.9 Å². The number of alkyl carbamates (subject to hydrolysis) is 1. The molecule has 3 aromatic rings. The van der Waals surface area contributed by atoms with Crippen LogP contribution in [0.4, 0.5) is 15.4 Å². The first kappa shape index (κ1) is 29.1. The topological polar surface area (TPSA) is 107 Å². The van der Waals surface area contributed by atoms with Crippen LogP contribution in [0.25, 0.3) is 5.52 Å². The summed E-state index contributed by atoms with van der Waals surface area (Å²) in [5.41, 5.74) is 0.890. The number of aryl methyl sites for hydroxylation is 1. The molecule has 0 aromatic carbocycles. The molecule has 1 aliphatic rings. The van der Waals surface area contributed by atoms with E-state index in [0.717, 1.165) is 28.8 Å². The summed E-state index contributed by atoms with van der Waals surface area (Å²) in [7, 11) is 0. The third-order valence-electron chi connectivity index (χ3n) is 5.97. The van der Waals surface area contributed by atoms with Crippen molar-refractivity contribution < 1.29 is 23.8 Å². The van der Waals surface area contributed by atoms with Crippen molar-refractivity contribution in [1.29, 1.82) is 0 Å². The number of ether oxygens (including phenoxy) is 3. The maximum atomic E-state index is 13.5. The zero-order chi connectivity index (χ0) is 28.5. The van der Waals surface area contributed by atoms with Gasteiger partial charge in [0, 0.05) is 23.2 Å². The van der Waals surface area contributed by atoms with E-state index in [9.17, 15) is 9.59 Å². The van der Waals surface area contributed by atoms with Gasteiger partial charge in [0.2, 0.25) is 5.28 Å². The Kier molecular flexibility index (Phi) is 8.44. The van der Waals surface area contributed by atoms with Gasteiger partial charge < -0.3 is 19.5 Å². The molecule has 0 bridgehead atoms. The summed E-state index contributed by atoms with van der Waals surface area (Å²) in [6.07, 6.45) is 1.84. The van der Waals surface area contributed by atoms with E-state index in [1.54, 1.807) is 4.52 Å². The Morgan fingerprint density at radius 1 is 1.23 bits per heavy atom. The second-order valence-electron chi connectivity index (χ2n) is 11.5. The largest absolute Gasteiger partial charge is 0.444 e. The molecule has 10 nitrogen and oxygen atoms in total. The fraction of sp³-hybridized carbons (Fsp3) is 0.556. The summed E-state index contributed by atoms with van der Waals surface area (Å²) in [5, 5.41) is 9.29. The van der Waals surface area contributed by atoms with Crippen LogP contribution in [0.5, 0.6) is 0 Å². The minimum atomic E-state index is -0.712. The molecule has 1 N–H and O–H groups in total. The van der Waals surface area contributed by atoms with Crippen LogP contribution < -0.4 is 10.2 Å². The van der Waals surface area contributed by atoms with Crippen molar-refractivity contribution >= 4 is 46.5 Å². The number of fused-ring (bicyclic) bond motifs is 1. The second kappa shape index (κ2) is 11.3. The predicted octanol–water partition coefficient (Wildman–Crippen LogP) is 6.44. The van der Waals surface area contributed by atoms with Crippen molar-refractivity contribution in [3.8, 4) is 0 Å². The SMILES string of the molecule is Cc1c([C@H]2OCCC[C@@H]2NC(=O)OC(C)(C)C)cn2nc(Cl)nc(N(Cc3cccs3)C(=O)OC(C)(C)C)c12. The minimum absolute atomic E-state index is 0.0215. The molecule has 2 atom stereocenters. The van der Waals surface area contributed by atoms with Gasteiger partial charge in [-0.1, -0.05) is 6.07 Å². The number of aromatic nitrogens is 3. The number of hydrogen-bond acceptors (Lipinski definition) is 8. The van der Waals surface area contributed by atoms with Gasteiger partial charge >= 0.3 is 12.2 Å². The van der Waals surface area contributed by atoms with Crippen molar-refractivity contribution in [2.75, 3.05) is 11.5 Å². The molecule has 1 saturated heterocycles. The van der Waals surface area contributed by atoms with Crippen LogP contribution in [0.3, 0.4) is 0 Å².